The molecule has 1 aliphatic heterocycles. The lowest BCUT2D eigenvalue weighted by Crippen LogP contribution is -2.47. The van der Waals surface area contributed by atoms with Gasteiger partial charge in [-0.05, 0) is 25.3 Å². The third-order valence-electron chi connectivity index (χ3n) is 5.63. The van der Waals surface area contributed by atoms with Crippen LogP contribution in [0.2, 0.25) is 0 Å². The first kappa shape index (κ1) is 18.7. The fraction of sp³-hybridized carbons (Fsp3) is 0.619. The molecule has 1 aliphatic carbocycles. The molecule has 0 radical (unpaired) electrons. The van der Waals surface area contributed by atoms with Crippen LogP contribution in [0.25, 0.3) is 0 Å². The van der Waals surface area contributed by atoms with Crippen LogP contribution in [-0.4, -0.2) is 36.4 Å². The Hall–Kier alpha value is -2.04. The number of rotatable bonds is 5. The molecule has 2 aliphatic rings. The number of nitrogens with one attached hydrogen (secondary N) is 1. The molecule has 1 saturated carbocycles. The topological polar surface area (TPSA) is 58.6 Å². The Balaban J connectivity index is 1.60. The van der Waals surface area contributed by atoms with Crippen molar-refractivity contribution in [1.82, 2.24) is 10.2 Å². The third kappa shape index (κ3) is 4.77. The van der Waals surface area contributed by atoms with Crippen LogP contribution in [0.1, 0.15) is 56.9 Å². The highest BCUT2D eigenvalue weighted by Crippen LogP contribution is 2.25. The maximum absolute atomic E-state index is 12.7. The summed E-state index contributed by atoms with van der Waals surface area (Å²) in [5.74, 6) is 0.917. The Labute approximate surface area is 156 Å². The van der Waals surface area contributed by atoms with Crippen LogP contribution < -0.4 is 10.1 Å². The number of nitrogens with zero attached hydrogens (tertiary/aromatic N) is 1. The number of hydrogen-bond acceptors (Lipinski definition) is 3. The SMILES string of the molecule is COc1ccccc1CN1C[C@@H](C(=O)NC2CCCCCC2)CCC1=O. The van der Waals surface area contributed by atoms with Gasteiger partial charge in [-0.1, -0.05) is 43.9 Å². The molecule has 5 heteroatoms. The predicted octanol–water partition coefficient (Wildman–Crippen LogP) is 3.27. The van der Waals surface area contributed by atoms with Gasteiger partial charge in [0.15, 0.2) is 0 Å². The summed E-state index contributed by atoms with van der Waals surface area (Å²) >= 11 is 0. The summed E-state index contributed by atoms with van der Waals surface area (Å²) in [5, 5.41) is 3.25. The number of amides is 2. The highest BCUT2D eigenvalue weighted by molar-refractivity contribution is 5.84. The molecule has 2 fully saturated rings. The Kier molecular flexibility index (Phi) is 6.53. The molecule has 0 bridgehead atoms. The molecule has 2 amide bonds. The van der Waals surface area contributed by atoms with E-state index in [1.807, 2.05) is 24.3 Å². The van der Waals surface area contributed by atoms with Crippen molar-refractivity contribution in [3.05, 3.63) is 29.8 Å². The molecular weight excluding hydrogens is 328 g/mol. The first-order valence-electron chi connectivity index (χ1n) is 9.87. The third-order valence-corrected chi connectivity index (χ3v) is 5.63. The molecule has 1 aromatic carbocycles. The van der Waals surface area contributed by atoms with E-state index in [0.717, 1.165) is 24.2 Å². The molecule has 142 valence electrons. The van der Waals surface area contributed by atoms with Crippen LogP contribution in [0.4, 0.5) is 0 Å². The van der Waals surface area contributed by atoms with Gasteiger partial charge in [0.05, 0.1) is 13.0 Å². The number of likely N-dealkylation sites (tertiary alicyclic amines) is 1. The number of ether oxygens (including phenoxy) is 1. The average molecular weight is 358 g/mol. The minimum Gasteiger partial charge on any atom is -0.496 e. The summed E-state index contributed by atoms with van der Waals surface area (Å²) in [4.78, 5) is 26.9. The highest BCUT2D eigenvalue weighted by Gasteiger charge is 2.31. The standard InChI is InChI=1S/C21H30N2O3/c1-26-19-11-7-6-8-16(19)14-23-15-17(12-13-20(23)24)21(25)22-18-9-4-2-3-5-10-18/h6-8,11,17-18H,2-5,9-10,12-15H2,1H3,(H,22,25)/t17-/m0/s1. The highest BCUT2D eigenvalue weighted by atomic mass is 16.5. The molecule has 1 heterocycles. The first-order chi connectivity index (χ1) is 12.7. The number of carbonyl (C=O) groups is 2. The van der Waals surface area contributed by atoms with E-state index in [9.17, 15) is 9.59 Å². The van der Waals surface area contributed by atoms with Crippen LogP contribution in [0.3, 0.4) is 0 Å². The van der Waals surface area contributed by atoms with Crippen molar-refractivity contribution in [3.63, 3.8) is 0 Å². The van der Waals surface area contributed by atoms with Crippen molar-refractivity contribution < 1.29 is 14.3 Å². The summed E-state index contributed by atoms with van der Waals surface area (Å²) in [7, 11) is 1.64. The number of hydrogen-bond donors (Lipinski definition) is 1. The van der Waals surface area contributed by atoms with E-state index in [4.69, 9.17) is 4.74 Å². The molecule has 1 aromatic rings. The summed E-state index contributed by atoms with van der Waals surface area (Å²) in [6, 6.07) is 8.05. The second-order valence-corrected chi connectivity index (χ2v) is 7.52. The molecule has 5 nitrogen and oxygen atoms in total. The normalized spacial score (nSPS) is 22.0. The van der Waals surface area contributed by atoms with Gasteiger partial charge in [-0.2, -0.15) is 0 Å². The number of benzene rings is 1. The largest absolute Gasteiger partial charge is 0.496 e. The molecule has 26 heavy (non-hydrogen) atoms. The monoisotopic (exact) mass is 358 g/mol. The fourth-order valence-electron chi connectivity index (χ4n) is 4.06. The minimum absolute atomic E-state index is 0.106. The molecule has 3 rings (SSSR count). The van der Waals surface area contributed by atoms with E-state index in [1.165, 1.54) is 25.7 Å². The maximum Gasteiger partial charge on any atom is 0.225 e. The zero-order valence-electron chi connectivity index (χ0n) is 15.7. The van der Waals surface area contributed by atoms with Crippen molar-refractivity contribution in [2.24, 2.45) is 5.92 Å². The van der Waals surface area contributed by atoms with E-state index in [-0.39, 0.29) is 17.7 Å². The Morgan fingerprint density at radius 2 is 1.88 bits per heavy atom. The average Bonchev–Trinajstić information content (AvgIpc) is 2.92. The van der Waals surface area contributed by atoms with E-state index >= 15 is 0 Å². The lowest BCUT2D eigenvalue weighted by molar-refractivity contribution is -0.139. The van der Waals surface area contributed by atoms with Crippen LogP contribution >= 0.6 is 0 Å². The van der Waals surface area contributed by atoms with Crippen molar-refractivity contribution >= 4 is 11.8 Å². The molecule has 1 saturated heterocycles. The second-order valence-electron chi connectivity index (χ2n) is 7.52. The van der Waals surface area contributed by atoms with Gasteiger partial charge in [0.2, 0.25) is 11.8 Å². The van der Waals surface area contributed by atoms with Crippen LogP contribution in [0.15, 0.2) is 24.3 Å². The summed E-state index contributed by atoms with van der Waals surface area (Å²) < 4.78 is 5.39. The Bertz CT molecular complexity index is 623. The second kappa shape index (κ2) is 9.06. The van der Waals surface area contributed by atoms with Gasteiger partial charge in [-0.25, -0.2) is 0 Å². The Morgan fingerprint density at radius 3 is 2.62 bits per heavy atom. The van der Waals surface area contributed by atoms with E-state index < -0.39 is 0 Å². The van der Waals surface area contributed by atoms with Gasteiger partial charge in [-0.3, -0.25) is 9.59 Å². The fourth-order valence-corrected chi connectivity index (χ4v) is 4.06. The molecule has 1 N–H and O–H groups in total. The van der Waals surface area contributed by atoms with E-state index in [0.29, 0.717) is 32.0 Å². The lowest BCUT2D eigenvalue weighted by atomic mass is 9.95. The minimum atomic E-state index is -0.106. The molecule has 0 unspecified atom stereocenters. The maximum atomic E-state index is 12.7. The summed E-state index contributed by atoms with van der Waals surface area (Å²) in [6.45, 7) is 0.992. The van der Waals surface area contributed by atoms with E-state index in [1.54, 1.807) is 12.0 Å². The van der Waals surface area contributed by atoms with Gasteiger partial charge in [-0.15, -0.1) is 0 Å². The molecule has 1 atom stereocenters. The quantitative estimate of drug-likeness (QED) is 0.822. The summed E-state index contributed by atoms with van der Waals surface area (Å²) in [5.41, 5.74) is 0.980. The van der Waals surface area contributed by atoms with Gasteiger partial charge in [0.1, 0.15) is 5.75 Å². The van der Waals surface area contributed by atoms with Gasteiger partial charge in [0, 0.05) is 31.1 Å². The van der Waals surface area contributed by atoms with E-state index in [2.05, 4.69) is 5.32 Å². The predicted molar refractivity (Wildman–Crippen MR) is 101 cm³/mol. The van der Waals surface area contributed by atoms with Crippen molar-refractivity contribution in [1.29, 1.82) is 0 Å². The number of carbonyl (C=O) groups excluding carboxylic acids is 2. The summed E-state index contributed by atoms with van der Waals surface area (Å²) in [6.07, 6.45) is 8.22. The van der Waals surface area contributed by atoms with Gasteiger partial charge >= 0.3 is 0 Å². The Morgan fingerprint density at radius 1 is 1.15 bits per heavy atom. The number of piperidine rings is 1. The van der Waals surface area contributed by atoms with Crippen LogP contribution in [0, 0.1) is 5.92 Å². The molecule has 0 spiro atoms. The van der Waals surface area contributed by atoms with Crippen LogP contribution in [0.5, 0.6) is 5.75 Å². The smallest absolute Gasteiger partial charge is 0.225 e. The zero-order valence-corrected chi connectivity index (χ0v) is 15.7. The van der Waals surface area contributed by atoms with Crippen molar-refractivity contribution in [2.45, 2.75) is 64.0 Å². The van der Waals surface area contributed by atoms with Gasteiger partial charge in [0.25, 0.3) is 0 Å². The van der Waals surface area contributed by atoms with Crippen molar-refractivity contribution in [3.8, 4) is 5.75 Å². The first-order valence-corrected chi connectivity index (χ1v) is 9.87. The molecular formula is C21H30N2O3. The van der Waals surface area contributed by atoms with Crippen molar-refractivity contribution in [2.75, 3.05) is 13.7 Å². The number of methoxy groups -OCH3 is 1. The zero-order chi connectivity index (χ0) is 18.4. The lowest BCUT2D eigenvalue weighted by Gasteiger charge is -2.33. The van der Waals surface area contributed by atoms with Gasteiger partial charge < -0.3 is 15.0 Å². The van der Waals surface area contributed by atoms with Crippen LogP contribution in [-0.2, 0) is 16.1 Å². The number of para-hydroxylation sites is 1. The molecule has 0 aromatic heterocycles.